The molecule has 0 aromatic rings. The number of esters is 1. The molecule has 7 nitrogen and oxygen atoms in total. The quantitative estimate of drug-likeness (QED) is 0.426. The van der Waals surface area contributed by atoms with Gasteiger partial charge in [-0.2, -0.15) is 0 Å². The first-order chi connectivity index (χ1) is 14.2. The van der Waals surface area contributed by atoms with Crippen molar-refractivity contribution in [1.29, 1.82) is 0 Å². The van der Waals surface area contributed by atoms with Gasteiger partial charge in [0.05, 0.1) is 17.3 Å². The zero-order valence-electron chi connectivity index (χ0n) is 17.6. The molecule has 0 N–H and O–H groups in total. The van der Waals surface area contributed by atoms with Gasteiger partial charge >= 0.3 is 5.97 Å². The molecule has 0 spiro atoms. The number of rotatable bonds is 6. The first-order valence-electron chi connectivity index (χ1n) is 10.8. The van der Waals surface area contributed by atoms with Gasteiger partial charge in [-0.25, -0.2) is 8.42 Å². The van der Waals surface area contributed by atoms with Crippen molar-refractivity contribution in [2.24, 2.45) is 5.92 Å². The molecule has 30 heavy (non-hydrogen) atoms. The van der Waals surface area contributed by atoms with Gasteiger partial charge in [-0.1, -0.05) is 43.7 Å². The van der Waals surface area contributed by atoms with Gasteiger partial charge in [0.1, 0.15) is 4.32 Å². The summed E-state index contributed by atoms with van der Waals surface area (Å²) in [4.78, 5) is 28.9. The van der Waals surface area contributed by atoms with Crippen LogP contribution in [0.3, 0.4) is 0 Å². The molecule has 1 atom stereocenters. The summed E-state index contributed by atoms with van der Waals surface area (Å²) >= 11 is 6.71. The summed E-state index contributed by atoms with van der Waals surface area (Å²) < 4.78 is 29.7. The SMILES string of the molecule is CC1CCN(C(=S)SCC(=O)OCC(=O)N(C2CCCC2)C2CCS(=O)(=O)C2)CC1. The number of piperidine rings is 1. The number of hydrogen-bond acceptors (Lipinski definition) is 7. The third-order valence-electron chi connectivity index (χ3n) is 6.32. The van der Waals surface area contributed by atoms with E-state index in [1.54, 1.807) is 4.90 Å². The minimum Gasteiger partial charge on any atom is -0.455 e. The van der Waals surface area contributed by atoms with Crippen LogP contribution < -0.4 is 0 Å². The zero-order valence-corrected chi connectivity index (χ0v) is 20.0. The lowest BCUT2D eigenvalue weighted by atomic mass is 10.00. The molecule has 0 aromatic heterocycles. The van der Waals surface area contributed by atoms with Crippen LogP contribution in [0.1, 0.15) is 51.9 Å². The van der Waals surface area contributed by atoms with Gasteiger partial charge in [-0.15, -0.1) is 0 Å². The molecule has 1 saturated carbocycles. The Morgan fingerprint density at radius 2 is 1.77 bits per heavy atom. The van der Waals surface area contributed by atoms with E-state index in [1.807, 2.05) is 0 Å². The van der Waals surface area contributed by atoms with E-state index in [2.05, 4.69) is 11.8 Å². The van der Waals surface area contributed by atoms with Crippen molar-refractivity contribution in [2.75, 3.05) is 37.0 Å². The molecule has 10 heteroatoms. The van der Waals surface area contributed by atoms with Crippen LogP contribution in [0.4, 0.5) is 0 Å². The molecule has 1 unspecified atom stereocenters. The van der Waals surface area contributed by atoms with Gasteiger partial charge < -0.3 is 14.5 Å². The van der Waals surface area contributed by atoms with Crippen molar-refractivity contribution in [3.8, 4) is 0 Å². The summed E-state index contributed by atoms with van der Waals surface area (Å²) in [6.07, 6.45) is 6.52. The summed E-state index contributed by atoms with van der Waals surface area (Å²) in [5.74, 6) is 0.183. The van der Waals surface area contributed by atoms with E-state index in [9.17, 15) is 18.0 Å². The predicted octanol–water partition coefficient (Wildman–Crippen LogP) is 2.24. The number of carbonyl (C=O) groups is 2. The molecular formula is C20H32N2O5S3. The van der Waals surface area contributed by atoms with Crippen molar-refractivity contribution in [2.45, 2.75) is 64.0 Å². The Bertz CT molecular complexity index is 744. The molecule has 0 radical (unpaired) electrons. The number of amides is 1. The zero-order chi connectivity index (χ0) is 21.7. The number of likely N-dealkylation sites (tertiary alicyclic amines) is 1. The highest BCUT2D eigenvalue weighted by atomic mass is 32.2. The summed E-state index contributed by atoms with van der Waals surface area (Å²) in [5.41, 5.74) is 0. The van der Waals surface area contributed by atoms with Crippen LogP contribution in [-0.4, -0.2) is 83.5 Å². The smallest absolute Gasteiger partial charge is 0.316 e. The molecule has 3 rings (SSSR count). The lowest BCUT2D eigenvalue weighted by molar-refractivity contribution is -0.152. The number of carbonyl (C=O) groups excluding carboxylic acids is 2. The van der Waals surface area contributed by atoms with Crippen LogP contribution in [0.25, 0.3) is 0 Å². The fourth-order valence-corrected chi connectivity index (χ4v) is 7.30. The van der Waals surface area contributed by atoms with Crippen LogP contribution in [-0.2, 0) is 24.2 Å². The second-order valence-electron chi connectivity index (χ2n) is 8.68. The van der Waals surface area contributed by atoms with Gasteiger partial charge in [-0.05, 0) is 38.0 Å². The van der Waals surface area contributed by atoms with Gasteiger partial charge in [0, 0.05) is 25.2 Å². The molecule has 2 heterocycles. The van der Waals surface area contributed by atoms with E-state index >= 15 is 0 Å². The minimum atomic E-state index is -3.09. The van der Waals surface area contributed by atoms with E-state index < -0.39 is 15.8 Å². The number of nitrogens with zero attached hydrogens (tertiary/aromatic N) is 2. The molecule has 2 saturated heterocycles. The molecule has 2 aliphatic heterocycles. The lowest BCUT2D eigenvalue weighted by Crippen LogP contribution is -2.48. The molecule has 0 aromatic carbocycles. The Kier molecular flexibility index (Phi) is 8.43. The first kappa shape index (κ1) is 23.8. The van der Waals surface area contributed by atoms with Crippen molar-refractivity contribution >= 4 is 50.0 Å². The van der Waals surface area contributed by atoms with Gasteiger partial charge in [0.15, 0.2) is 16.4 Å². The number of hydrogen-bond donors (Lipinski definition) is 0. The highest BCUT2D eigenvalue weighted by Gasteiger charge is 2.39. The number of thioether (sulfide) groups is 1. The van der Waals surface area contributed by atoms with E-state index in [0.29, 0.717) is 16.7 Å². The predicted molar refractivity (Wildman–Crippen MR) is 122 cm³/mol. The second-order valence-corrected chi connectivity index (χ2v) is 12.5. The largest absolute Gasteiger partial charge is 0.455 e. The van der Waals surface area contributed by atoms with Gasteiger partial charge in [0.25, 0.3) is 5.91 Å². The Hall–Kier alpha value is -0.870. The van der Waals surface area contributed by atoms with Crippen LogP contribution >= 0.6 is 24.0 Å². The van der Waals surface area contributed by atoms with Crippen molar-refractivity contribution in [3.63, 3.8) is 0 Å². The highest BCUT2D eigenvalue weighted by molar-refractivity contribution is 8.23. The summed E-state index contributed by atoms with van der Waals surface area (Å²) in [5, 5.41) is 0. The van der Waals surface area contributed by atoms with E-state index in [4.69, 9.17) is 17.0 Å². The van der Waals surface area contributed by atoms with E-state index in [0.717, 1.165) is 51.6 Å². The number of thiocarbonyl (C=S) groups is 1. The molecule has 3 fully saturated rings. The fourth-order valence-electron chi connectivity index (χ4n) is 4.54. The molecule has 3 aliphatic rings. The average molecular weight is 477 g/mol. The normalized spacial score (nSPS) is 24.7. The summed E-state index contributed by atoms with van der Waals surface area (Å²) in [6.45, 7) is 3.74. The van der Waals surface area contributed by atoms with Crippen molar-refractivity contribution in [3.05, 3.63) is 0 Å². The second kappa shape index (κ2) is 10.6. The Morgan fingerprint density at radius 3 is 2.37 bits per heavy atom. The third kappa shape index (κ3) is 6.56. The van der Waals surface area contributed by atoms with Crippen molar-refractivity contribution < 1.29 is 22.7 Å². The Labute approximate surface area is 189 Å². The Balaban J connectivity index is 1.46. The summed E-state index contributed by atoms with van der Waals surface area (Å²) in [7, 11) is -3.09. The van der Waals surface area contributed by atoms with Gasteiger partial charge in [-0.3, -0.25) is 9.59 Å². The highest BCUT2D eigenvalue weighted by Crippen LogP contribution is 2.29. The van der Waals surface area contributed by atoms with Crippen LogP contribution in [0.2, 0.25) is 0 Å². The van der Waals surface area contributed by atoms with Crippen LogP contribution in [0.15, 0.2) is 0 Å². The molecule has 0 bridgehead atoms. The maximum Gasteiger partial charge on any atom is 0.316 e. The first-order valence-corrected chi connectivity index (χ1v) is 14.1. The molecular weight excluding hydrogens is 444 g/mol. The third-order valence-corrected chi connectivity index (χ3v) is 9.57. The number of sulfone groups is 1. The number of ether oxygens (including phenoxy) is 1. The van der Waals surface area contributed by atoms with Gasteiger partial charge in [0.2, 0.25) is 0 Å². The average Bonchev–Trinajstić information content (AvgIpc) is 3.35. The Morgan fingerprint density at radius 1 is 1.10 bits per heavy atom. The molecule has 1 aliphatic carbocycles. The topological polar surface area (TPSA) is 84.0 Å². The van der Waals surface area contributed by atoms with E-state index in [1.165, 1.54) is 11.8 Å². The monoisotopic (exact) mass is 476 g/mol. The molecule has 170 valence electrons. The minimum absolute atomic E-state index is 0.0156. The summed E-state index contributed by atoms with van der Waals surface area (Å²) in [6, 6.07) is -0.245. The van der Waals surface area contributed by atoms with Crippen LogP contribution in [0, 0.1) is 5.92 Å². The van der Waals surface area contributed by atoms with Crippen LogP contribution in [0.5, 0.6) is 0 Å². The van der Waals surface area contributed by atoms with Crippen molar-refractivity contribution in [1.82, 2.24) is 9.80 Å². The maximum atomic E-state index is 12.9. The molecule has 1 amide bonds. The van der Waals surface area contributed by atoms with E-state index in [-0.39, 0.29) is 41.9 Å². The fraction of sp³-hybridized carbons (Fsp3) is 0.850. The lowest BCUT2D eigenvalue weighted by Gasteiger charge is -2.34. The standard InChI is InChI=1S/C20H32N2O5S3/c1-15-6-9-21(10-7-15)20(28)29-13-19(24)27-12-18(23)22(16-4-2-3-5-16)17-8-11-30(25,26)14-17/h15-17H,2-14H2,1H3. The maximum absolute atomic E-state index is 12.9.